The van der Waals surface area contributed by atoms with E-state index in [4.69, 9.17) is 11.6 Å². The topological polar surface area (TPSA) is 45.5 Å². The lowest BCUT2D eigenvalue weighted by Crippen LogP contribution is -2.50. The first-order valence-corrected chi connectivity index (χ1v) is 6.51. The standard InChI is InChI=1S/C12H16ClN5/c1-17-5-4-14-10(8-17)6-11-15-12-3-2-9(13)7-18(12)16-11/h2-3,7,10,14H,4-6,8H2,1H3. The fourth-order valence-electron chi connectivity index (χ4n) is 2.34. The number of rotatable bonds is 2. The second-order valence-corrected chi connectivity index (χ2v) is 5.23. The quantitative estimate of drug-likeness (QED) is 0.874. The SMILES string of the molecule is CN1CCNC(Cc2nc3ccc(Cl)cn3n2)C1. The van der Waals surface area contributed by atoms with Crippen molar-refractivity contribution in [2.45, 2.75) is 12.5 Å². The Morgan fingerprint density at radius 2 is 2.39 bits per heavy atom. The Hall–Kier alpha value is -1.17. The Morgan fingerprint density at radius 3 is 3.22 bits per heavy atom. The van der Waals surface area contributed by atoms with Crippen LogP contribution in [0.15, 0.2) is 18.3 Å². The number of hydrogen-bond donors (Lipinski definition) is 1. The van der Waals surface area contributed by atoms with Crippen LogP contribution >= 0.6 is 11.6 Å². The molecule has 0 amide bonds. The molecule has 0 aliphatic carbocycles. The molecule has 5 nitrogen and oxygen atoms in total. The lowest BCUT2D eigenvalue weighted by molar-refractivity contribution is 0.236. The van der Waals surface area contributed by atoms with Crippen LogP contribution < -0.4 is 5.32 Å². The van der Waals surface area contributed by atoms with Gasteiger partial charge in [0.15, 0.2) is 11.5 Å². The number of nitrogens with zero attached hydrogens (tertiary/aromatic N) is 4. The average Bonchev–Trinajstić information content (AvgIpc) is 2.70. The molecular weight excluding hydrogens is 250 g/mol. The van der Waals surface area contributed by atoms with Gasteiger partial charge in [0.1, 0.15) is 0 Å². The molecule has 1 aliphatic heterocycles. The number of pyridine rings is 1. The van der Waals surface area contributed by atoms with Crippen molar-refractivity contribution in [3.8, 4) is 0 Å². The van der Waals surface area contributed by atoms with Gasteiger partial charge >= 0.3 is 0 Å². The Balaban J connectivity index is 1.78. The molecule has 0 bridgehead atoms. The van der Waals surface area contributed by atoms with E-state index in [-0.39, 0.29) is 0 Å². The summed E-state index contributed by atoms with van der Waals surface area (Å²) < 4.78 is 1.74. The monoisotopic (exact) mass is 265 g/mol. The molecule has 0 aromatic carbocycles. The maximum absolute atomic E-state index is 5.93. The summed E-state index contributed by atoms with van der Waals surface area (Å²) in [7, 11) is 2.14. The summed E-state index contributed by atoms with van der Waals surface area (Å²) in [5.41, 5.74) is 0.846. The predicted octanol–water partition coefficient (Wildman–Crippen LogP) is 0.829. The van der Waals surface area contributed by atoms with Gasteiger partial charge in [-0.1, -0.05) is 11.6 Å². The molecule has 3 rings (SSSR count). The summed E-state index contributed by atoms with van der Waals surface area (Å²) in [6.07, 6.45) is 2.64. The van der Waals surface area contributed by atoms with E-state index in [1.165, 1.54) is 0 Å². The van der Waals surface area contributed by atoms with Crippen LogP contribution in [0.3, 0.4) is 0 Å². The summed E-state index contributed by atoms with van der Waals surface area (Å²) >= 11 is 5.93. The number of hydrogen-bond acceptors (Lipinski definition) is 4. The lowest BCUT2D eigenvalue weighted by Gasteiger charge is -2.30. The molecule has 1 unspecified atom stereocenters. The van der Waals surface area contributed by atoms with Gasteiger partial charge in [0.25, 0.3) is 0 Å². The number of likely N-dealkylation sites (N-methyl/N-ethyl adjacent to an activating group) is 1. The van der Waals surface area contributed by atoms with E-state index >= 15 is 0 Å². The fraction of sp³-hybridized carbons (Fsp3) is 0.500. The minimum Gasteiger partial charge on any atom is -0.311 e. The molecule has 1 aliphatic rings. The summed E-state index contributed by atoms with van der Waals surface area (Å²) in [5.74, 6) is 0.866. The van der Waals surface area contributed by atoms with Crippen LogP contribution in [0.25, 0.3) is 5.65 Å². The number of piperazine rings is 1. The number of halogens is 1. The average molecular weight is 266 g/mol. The number of nitrogens with one attached hydrogen (secondary N) is 1. The van der Waals surface area contributed by atoms with Gasteiger partial charge in [0, 0.05) is 38.3 Å². The first-order valence-electron chi connectivity index (χ1n) is 6.13. The van der Waals surface area contributed by atoms with E-state index in [9.17, 15) is 0 Å². The zero-order valence-electron chi connectivity index (χ0n) is 10.3. The minimum absolute atomic E-state index is 0.427. The van der Waals surface area contributed by atoms with E-state index in [1.54, 1.807) is 10.7 Å². The highest BCUT2D eigenvalue weighted by molar-refractivity contribution is 6.30. The summed E-state index contributed by atoms with van der Waals surface area (Å²) in [4.78, 5) is 6.83. The van der Waals surface area contributed by atoms with E-state index in [0.29, 0.717) is 11.1 Å². The molecule has 96 valence electrons. The highest BCUT2D eigenvalue weighted by Gasteiger charge is 2.18. The van der Waals surface area contributed by atoms with Crippen LogP contribution in [0.5, 0.6) is 0 Å². The second kappa shape index (κ2) is 4.84. The Bertz CT molecular complexity index is 552. The maximum Gasteiger partial charge on any atom is 0.155 e. The Morgan fingerprint density at radius 1 is 1.50 bits per heavy atom. The van der Waals surface area contributed by atoms with E-state index in [0.717, 1.165) is 37.5 Å². The lowest BCUT2D eigenvalue weighted by atomic mass is 10.1. The van der Waals surface area contributed by atoms with Crippen LogP contribution in [0.4, 0.5) is 0 Å². The largest absolute Gasteiger partial charge is 0.311 e. The van der Waals surface area contributed by atoms with Gasteiger partial charge in [-0.05, 0) is 19.2 Å². The molecule has 1 fully saturated rings. The summed E-state index contributed by atoms with van der Waals surface area (Å²) in [6, 6.07) is 4.15. The molecule has 2 aromatic heterocycles. The normalized spacial score (nSPS) is 21.6. The van der Waals surface area contributed by atoms with Crippen LogP contribution in [0, 0.1) is 0 Å². The molecule has 2 aromatic rings. The van der Waals surface area contributed by atoms with Crippen molar-refractivity contribution in [3.05, 3.63) is 29.2 Å². The summed E-state index contributed by atoms with van der Waals surface area (Å²) in [6.45, 7) is 3.17. The third-order valence-electron chi connectivity index (χ3n) is 3.23. The van der Waals surface area contributed by atoms with Gasteiger partial charge in [0.2, 0.25) is 0 Å². The van der Waals surface area contributed by atoms with Gasteiger partial charge in [0.05, 0.1) is 5.02 Å². The van der Waals surface area contributed by atoms with Crippen LogP contribution in [0.2, 0.25) is 5.02 Å². The molecule has 1 saturated heterocycles. The predicted molar refractivity (Wildman–Crippen MR) is 71.0 cm³/mol. The third-order valence-corrected chi connectivity index (χ3v) is 3.45. The van der Waals surface area contributed by atoms with Crippen molar-refractivity contribution in [3.63, 3.8) is 0 Å². The first kappa shape index (κ1) is 11.9. The van der Waals surface area contributed by atoms with Crippen molar-refractivity contribution in [2.24, 2.45) is 0 Å². The molecule has 6 heteroatoms. The molecular formula is C12H16ClN5. The highest BCUT2D eigenvalue weighted by Crippen LogP contribution is 2.11. The van der Waals surface area contributed by atoms with Crippen LogP contribution in [-0.2, 0) is 6.42 Å². The van der Waals surface area contributed by atoms with Crippen LogP contribution in [0.1, 0.15) is 5.82 Å². The van der Waals surface area contributed by atoms with E-state index in [2.05, 4.69) is 27.3 Å². The van der Waals surface area contributed by atoms with E-state index in [1.807, 2.05) is 12.1 Å². The van der Waals surface area contributed by atoms with Gasteiger partial charge in [-0.2, -0.15) is 5.10 Å². The van der Waals surface area contributed by atoms with E-state index < -0.39 is 0 Å². The zero-order chi connectivity index (χ0) is 12.5. The second-order valence-electron chi connectivity index (χ2n) is 4.80. The maximum atomic E-state index is 5.93. The number of aromatic nitrogens is 3. The third kappa shape index (κ3) is 2.48. The minimum atomic E-state index is 0.427. The van der Waals surface area contributed by atoms with Gasteiger partial charge in [-0.3, -0.25) is 0 Å². The van der Waals surface area contributed by atoms with Crippen molar-refractivity contribution < 1.29 is 0 Å². The van der Waals surface area contributed by atoms with Gasteiger partial charge < -0.3 is 10.2 Å². The highest BCUT2D eigenvalue weighted by atomic mass is 35.5. The molecule has 18 heavy (non-hydrogen) atoms. The van der Waals surface area contributed by atoms with Crippen molar-refractivity contribution in [2.75, 3.05) is 26.7 Å². The Labute approximate surface area is 111 Å². The smallest absolute Gasteiger partial charge is 0.155 e. The summed E-state index contributed by atoms with van der Waals surface area (Å²) in [5, 5.41) is 8.63. The molecule has 0 radical (unpaired) electrons. The van der Waals surface area contributed by atoms with Gasteiger partial charge in [-0.25, -0.2) is 9.50 Å². The molecule has 1 N–H and O–H groups in total. The molecule has 0 saturated carbocycles. The Kier molecular flexibility index (Phi) is 3.20. The van der Waals surface area contributed by atoms with Gasteiger partial charge in [-0.15, -0.1) is 0 Å². The first-order chi connectivity index (χ1) is 8.70. The van der Waals surface area contributed by atoms with Crippen molar-refractivity contribution >= 4 is 17.2 Å². The fourth-order valence-corrected chi connectivity index (χ4v) is 2.49. The number of fused-ring (bicyclic) bond motifs is 1. The zero-order valence-corrected chi connectivity index (χ0v) is 11.1. The van der Waals surface area contributed by atoms with Crippen molar-refractivity contribution in [1.82, 2.24) is 24.8 Å². The van der Waals surface area contributed by atoms with Crippen molar-refractivity contribution in [1.29, 1.82) is 0 Å². The van der Waals surface area contributed by atoms with Crippen LogP contribution in [-0.4, -0.2) is 52.2 Å². The molecule has 1 atom stereocenters. The molecule has 3 heterocycles. The molecule has 0 spiro atoms.